The van der Waals surface area contributed by atoms with E-state index in [2.05, 4.69) is 0 Å². The number of aromatic hydroxyl groups is 1. The van der Waals surface area contributed by atoms with E-state index in [4.69, 9.17) is 0 Å². The molecule has 0 saturated heterocycles. The van der Waals surface area contributed by atoms with Crippen LogP contribution in [0.15, 0.2) is 36.4 Å². The molecule has 2 aromatic rings. The van der Waals surface area contributed by atoms with Gasteiger partial charge in [0.2, 0.25) is 0 Å². The largest absolute Gasteiger partial charge is 0.508 e. The Labute approximate surface area is 107 Å². The van der Waals surface area contributed by atoms with Gasteiger partial charge in [-0.1, -0.05) is 6.07 Å². The number of alkyl halides is 3. The Bertz CT molecular complexity index is 597. The first-order valence-corrected chi connectivity index (χ1v) is 5.45. The fraction of sp³-hybridized carbons (Fsp3) is 0.143. The maximum atomic E-state index is 13.2. The first-order chi connectivity index (χ1) is 8.77. The Kier molecular flexibility index (Phi) is 3.22. The highest BCUT2D eigenvalue weighted by atomic mass is 19.4. The lowest BCUT2D eigenvalue weighted by atomic mass is 9.98. The number of rotatable bonds is 1. The zero-order valence-corrected chi connectivity index (χ0v) is 9.92. The topological polar surface area (TPSA) is 20.2 Å². The second-order valence-electron chi connectivity index (χ2n) is 4.23. The van der Waals surface area contributed by atoms with Gasteiger partial charge in [-0.25, -0.2) is 4.39 Å². The average molecular weight is 270 g/mol. The summed E-state index contributed by atoms with van der Waals surface area (Å²) in [4.78, 5) is 0. The fourth-order valence-electron chi connectivity index (χ4n) is 1.89. The van der Waals surface area contributed by atoms with E-state index in [1.165, 1.54) is 19.1 Å². The number of hydrogen-bond acceptors (Lipinski definition) is 1. The molecule has 0 aliphatic heterocycles. The Morgan fingerprint density at radius 1 is 1.00 bits per heavy atom. The molecule has 0 spiro atoms. The van der Waals surface area contributed by atoms with Crippen LogP contribution < -0.4 is 0 Å². The van der Waals surface area contributed by atoms with E-state index in [-0.39, 0.29) is 5.75 Å². The van der Waals surface area contributed by atoms with E-state index >= 15 is 0 Å². The van der Waals surface area contributed by atoms with Gasteiger partial charge in [0.25, 0.3) is 0 Å². The molecule has 0 heterocycles. The zero-order chi connectivity index (χ0) is 14.2. The van der Waals surface area contributed by atoms with Gasteiger partial charge in [-0.2, -0.15) is 13.2 Å². The van der Waals surface area contributed by atoms with Crippen molar-refractivity contribution in [1.29, 1.82) is 0 Å². The molecule has 1 N–H and O–H groups in total. The average Bonchev–Trinajstić information content (AvgIpc) is 2.26. The molecule has 100 valence electrons. The molecule has 0 aliphatic carbocycles. The summed E-state index contributed by atoms with van der Waals surface area (Å²) in [6, 6.07) is 6.60. The summed E-state index contributed by atoms with van der Waals surface area (Å²) in [5.41, 5.74) is 0.390. The van der Waals surface area contributed by atoms with Crippen molar-refractivity contribution in [3.8, 4) is 16.9 Å². The second-order valence-corrected chi connectivity index (χ2v) is 4.23. The van der Waals surface area contributed by atoms with Crippen LogP contribution in [0.25, 0.3) is 11.1 Å². The molecule has 2 aromatic carbocycles. The van der Waals surface area contributed by atoms with Gasteiger partial charge in [0.15, 0.2) is 0 Å². The third-order valence-corrected chi connectivity index (χ3v) is 2.75. The normalized spacial score (nSPS) is 11.6. The minimum Gasteiger partial charge on any atom is -0.508 e. The smallest absolute Gasteiger partial charge is 0.416 e. The number of hydrogen-bond donors (Lipinski definition) is 1. The van der Waals surface area contributed by atoms with Crippen molar-refractivity contribution in [3.63, 3.8) is 0 Å². The van der Waals surface area contributed by atoms with Crippen molar-refractivity contribution >= 4 is 0 Å². The Balaban J connectivity index is 2.52. The lowest BCUT2D eigenvalue weighted by molar-refractivity contribution is -0.137. The van der Waals surface area contributed by atoms with Gasteiger partial charge >= 0.3 is 6.18 Å². The van der Waals surface area contributed by atoms with Gasteiger partial charge in [0, 0.05) is 6.07 Å². The van der Waals surface area contributed by atoms with Crippen LogP contribution in [0.4, 0.5) is 17.6 Å². The van der Waals surface area contributed by atoms with Crippen molar-refractivity contribution < 1.29 is 22.7 Å². The second kappa shape index (κ2) is 4.57. The van der Waals surface area contributed by atoms with Crippen LogP contribution in [0.2, 0.25) is 0 Å². The molecule has 2 rings (SSSR count). The summed E-state index contributed by atoms with van der Waals surface area (Å²) in [5.74, 6) is -0.913. The van der Waals surface area contributed by atoms with Crippen LogP contribution in [0.1, 0.15) is 11.1 Å². The molecule has 5 heteroatoms. The Hall–Kier alpha value is -2.04. The van der Waals surface area contributed by atoms with Crippen LogP contribution in [-0.4, -0.2) is 5.11 Å². The van der Waals surface area contributed by atoms with Crippen molar-refractivity contribution in [3.05, 3.63) is 53.3 Å². The molecule has 0 aliphatic rings. The highest BCUT2D eigenvalue weighted by Crippen LogP contribution is 2.34. The number of benzene rings is 2. The molecule has 0 bridgehead atoms. The molecular formula is C14H10F4O. The Morgan fingerprint density at radius 3 is 2.21 bits per heavy atom. The number of halogens is 4. The SMILES string of the molecule is Cc1cc(C(F)(F)F)ccc1-c1cc(O)cc(F)c1. The quantitative estimate of drug-likeness (QED) is 0.755. The van der Waals surface area contributed by atoms with E-state index in [9.17, 15) is 22.7 Å². The van der Waals surface area contributed by atoms with Gasteiger partial charge in [-0.3, -0.25) is 0 Å². The Morgan fingerprint density at radius 2 is 1.68 bits per heavy atom. The number of phenols is 1. The minimum absolute atomic E-state index is 0.269. The number of aryl methyl sites for hydroxylation is 1. The van der Waals surface area contributed by atoms with E-state index in [1.54, 1.807) is 0 Å². The van der Waals surface area contributed by atoms with Crippen LogP contribution >= 0.6 is 0 Å². The third-order valence-electron chi connectivity index (χ3n) is 2.75. The first-order valence-electron chi connectivity index (χ1n) is 5.45. The van der Waals surface area contributed by atoms with Crippen molar-refractivity contribution in [2.24, 2.45) is 0 Å². The lowest BCUT2D eigenvalue weighted by Crippen LogP contribution is -2.05. The minimum atomic E-state index is -4.41. The van der Waals surface area contributed by atoms with Crippen LogP contribution in [0, 0.1) is 12.7 Å². The zero-order valence-electron chi connectivity index (χ0n) is 9.92. The van der Waals surface area contributed by atoms with Gasteiger partial charge in [0.05, 0.1) is 5.56 Å². The summed E-state index contributed by atoms with van der Waals surface area (Å²) in [6.45, 7) is 1.51. The highest BCUT2D eigenvalue weighted by molar-refractivity contribution is 5.69. The molecule has 0 fully saturated rings. The standard InChI is InChI=1S/C14H10F4O/c1-8-4-10(14(16,17)18)2-3-13(8)9-5-11(15)7-12(19)6-9/h2-7,19H,1H3. The summed E-state index contributed by atoms with van der Waals surface area (Å²) in [6.07, 6.45) is -4.41. The highest BCUT2D eigenvalue weighted by Gasteiger charge is 2.30. The molecular weight excluding hydrogens is 260 g/mol. The molecule has 0 aromatic heterocycles. The van der Waals surface area contributed by atoms with Crippen LogP contribution in [-0.2, 0) is 6.18 Å². The van der Waals surface area contributed by atoms with Crippen LogP contribution in [0.3, 0.4) is 0 Å². The first kappa shape index (κ1) is 13.4. The predicted molar refractivity (Wildman–Crippen MR) is 63.2 cm³/mol. The van der Waals surface area contributed by atoms with E-state index < -0.39 is 17.6 Å². The lowest BCUT2D eigenvalue weighted by Gasteiger charge is -2.11. The van der Waals surface area contributed by atoms with E-state index in [1.807, 2.05) is 0 Å². The van der Waals surface area contributed by atoms with Crippen LogP contribution in [0.5, 0.6) is 5.75 Å². The van der Waals surface area contributed by atoms with E-state index in [0.717, 1.165) is 24.3 Å². The summed E-state index contributed by atoms with van der Waals surface area (Å²) >= 11 is 0. The molecule has 0 atom stereocenters. The van der Waals surface area contributed by atoms with Crippen molar-refractivity contribution in [1.82, 2.24) is 0 Å². The van der Waals surface area contributed by atoms with Gasteiger partial charge < -0.3 is 5.11 Å². The van der Waals surface area contributed by atoms with E-state index in [0.29, 0.717) is 16.7 Å². The summed E-state index contributed by atoms with van der Waals surface area (Å²) in [5, 5.41) is 9.31. The van der Waals surface area contributed by atoms with Gasteiger partial charge in [-0.05, 0) is 47.9 Å². The van der Waals surface area contributed by atoms with Crippen molar-refractivity contribution in [2.45, 2.75) is 13.1 Å². The number of phenolic OH excluding ortho intramolecular Hbond substituents is 1. The summed E-state index contributed by atoms with van der Waals surface area (Å²) in [7, 11) is 0. The molecule has 0 amide bonds. The molecule has 1 nitrogen and oxygen atoms in total. The maximum Gasteiger partial charge on any atom is 0.416 e. The predicted octanol–water partition coefficient (Wildman–Crippen LogP) is 4.53. The van der Waals surface area contributed by atoms with Crippen molar-refractivity contribution in [2.75, 3.05) is 0 Å². The molecule has 0 unspecified atom stereocenters. The monoisotopic (exact) mass is 270 g/mol. The van der Waals surface area contributed by atoms with Gasteiger partial charge in [0.1, 0.15) is 11.6 Å². The summed E-state index contributed by atoms with van der Waals surface area (Å²) < 4.78 is 50.8. The van der Waals surface area contributed by atoms with Gasteiger partial charge in [-0.15, -0.1) is 0 Å². The molecule has 19 heavy (non-hydrogen) atoms. The maximum absolute atomic E-state index is 13.2. The fourth-order valence-corrected chi connectivity index (χ4v) is 1.89. The molecule has 0 saturated carbocycles. The molecule has 0 radical (unpaired) electrons. The third kappa shape index (κ3) is 2.86.